The van der Waals surface area contributed by atoms with Gasteiger partial charge in [-0.2, -0.15) is 0 Å². The van der Waals surface area contributed by atoms with Gasteiger partial charge in [-0.25, -0.2) is 4.52 Å². The first-order chi connectivity index (χ1) is 10.1. The van der Waals surface area contributed by atoms with Crippen LogP contribution in [0.15, 0.2) is 24.3 Å². The first-order valence-electron chi connectivity index (χ1n) is 6.90. The highest BCUT2D eigenvalue weighted by Gasteiger charge is 2.13. The number of aromatic amines is 1. The summed E-state index contributed by atoms with van der Waals surface area (Å²) in [6.07, 6.45) is 0.466. The molecule has 0 bridgehead atoms. The first-order valence-corrected chi connectivity index (χ1v) is 6.90. The van der Waals surface area contributed by atoms with Crippen LogP contribution in [-0.2, 0) is 4.79 Å². The molecule has 1 amide bonds. The minimum absolute atomic E-state index is 0.00300. The lowest BCUT2D eigenvalue weighted by Crippen LogP contribution is -2.09. The Labute approximate surface area is 122 Å². The summed E-state index contributed by atoms with van der Waals surface area (Å²) in [7, 11) is 0. The van der Waals surface area contributed by atoms with Gasteiger partial charge in [0.1, 0.15) is 0 Å². The van der Waals surface area contributed by atoms with Crippen molar-refractivity contribution in [2.75, 3.05) is 5.32 Å². The van der Waals surface area contributed by atoms with Gasteiger partial charge in [0.15, 0.2) is 11.5 Å². The van der Waals surface area contributed by atoms with E-state index in [1.54, 1.807) is 0 Å². The van der Waals surface area contributed by atoms with Gasteiger partial charge in [-0.1, -0.05) is 6.92 Å². The van der Waals surface area contributed by atoms with E-state index < -0.39 is 0 Å². The Kier molecular flexibility index (Phi) is 3.21. The van der Waals surface area contributed by atoms with E-state index in [4.69, 9.17) is 0 Å². The summed E-state index contributed by atoms with van der Waals surface area (Å²) in [6.45, 7) is 5.85. The van der Waals surface area contributed by atoms with E-state index in [1.165, 1.54) is 0 Å². The molecule has 0 aliphatic heterocycles. The van der Waals surface area contributed by atoms with Crippen LogP contribution in [0, 0.1) is 13.8 Å². The lowest BCUT2D eigenvalue weighted by atomic mass is 10.2. The molecule has 0 atom stereocenters. The molecule has 0 spiro atoms. The normalized spacial score (nSPS) is 11.0. The monoisotopic (exact) mass is 283 g/mol. The molecule has 0 radical (unpaired) electrons. The number of carbonyl (C=O) groups is 1. The second-order valence-corrected chi connectivity index (χ2v) is 5.02. The van der Waals surface area contributed by atoms with Crippen LogP contribution in [0.5, 0.6) is 0 Å². The van der Waals surface area contributed by atoms with Gasteiger partial charge in [-0.15, -0.1) is 10.2 Å². The number of carbonyl (C=O) groups excluding carboxylic acids is 1. The third-order valence-electron chi connectivity index (χ3n) is 3.59. The van der Waals surface area contributed by atoms with Gasteiger partial charge in [0, 0.05) is 28.9 Å². The Hall–Kier alpha value is -2.63. The lowest BCUT2D eigenvalue weighted by molar-refractivity contribution is -0.115. The minimum atomic E-state index is 0.00300. The molecule has 1 aromatic carbocycles. The molecule has 0 saturated heterocycles. The average Bonchev–Trinajstić information content (AvgIpc) is 3.01. The number of benzene rings is 1. The van der Waals surface area contributed by atoms with E-state index in [1.807, 2.05) is 49.6 Å². The van der Waals surface area contributed by atoms with Gasteiger partial charge in [0.25, 0.3) is 0 Å². The molecule has 0 aliphatic carbocycles. The van der Waals surface area contributed by atoms with E-state index in [-0.39, 0.29) is 5.91 Å². The van der Waals surface area contributed by atoms with Crippen LogP contribution in [0.1, 0.15) is 24.6 Å². The fraction of sp³-hybridized carbons (Fsp3) is 0.267. The highest BCUT2D eigenvalue weighted by atomic mass is 16.1. The van der Waals surface area contributed by atoms with Crippen molar-refractivity contribution in [2.24, 2.45) is 0 Å². The number of rotatable bonds is 3. The zero-order valence-electron chi connectivity index (χ0n) is 12.3. The summed E-state index contributed by atoms with van der Waals surface area (Å²) in [5.41, 5.74) is 4.74. The summed E-state index contributed by atoms with van der Waals surface area (Å²) in [5.74, 6) is 0.762. The number of H-pyrrole nitrogens is 1. The third-order valence-corrected chi connectivity index (χ3v) is 3.59. The number of nitrogens with one attached hydrogen (secondary N) is 2. The van der Waals surface area contributed by atoms with E-state index in [9.17, 15) is 4.79 Å². The van der Waals surface area contributed by atoms with Crippen molar-refractivity contribution in [2.45, 2.75) is 27.2 Å². The predicted octanol–water partition coefficient (Wildman–Crippen LogP) is 2.69. The van der Waals surface area contributed by atoms with Gasteiger partial charge >= 0.3 is 0 Å². The van der Waals surface area contributed by atoms with Crippen LogP contribution in [-0.4, -0.2) is 25.7 Å². The number of aromatic nitrogens is 4. The maximum atomic E-state index is 11.4. The highest BCUT2D eigenvalue weighted by molar-refractivity contribution is 5.90. The lowest BCUT2D eigenvalue weighted by Gasteiger charge is -2.04. The van der Waals surface area contributed by atoms with Crippen LogP contribution < -0.4 is 5.32 Å². The number of nitrogens with zero attached hydrogens (tertiary/aromatic N) is 3. The summed E-state index contributed by atoms with van der Waals surface area (Å²) in [5, 5.41) is 14.5. The molecule has 6 nitrogen and oxygen atoms in total. The Bertz CT molecular complexity index is 797. The summed E-state index contributed by atoms with van der Waals surface area (Å²) in [4.78, 5) is 11.4. The van der Waals surface area contributed by atoms with Crippen LogP contribution in [0.3, 0.4) is 0 Å². The number of fused-ring (bicyclic) bond motifs is 1. The van der Waals surface area contributed by atoms with Gasteiger partial charge in [0.2, 0.25) is 5.91 Å². The van der Waals surface area contributed by atoms with Gasteiger partial charge in [-0.3, -0.25) is 9.89 Å². The van der Waals surface area contributed by atoms with Crippen molar-refractivity contribution in [3.05, 3.63) is 35.5 Å². The molecular formula is C15H17N5O. The number of hydrogen-bond acceptors (Lipinski definition) is 3. The number of aryl methyl sites for hydroxylation is 2. The molecule has 0 unspecified atom stereocenters. The van der Waals surface area contributed by atoms with Gasteiger partial charge in [0.05, 0.1) is 0 Å². The Balaban J connectivity index is 1.95. The quantitative estimate of drug-likeness (QED) is 0.776. The molecule has 6 heteroatoms. The Morgan fingerprint density at radius 3 is 2.62 bits per heavy atom. The summed E-state index contributed by atoms with van der Waals surface area (Å²) in [6, 6.07) is 7.58. The third kappa shape index (κ3) is 2.29. The first kappa shape index (κ1) is 13.4. The van der Waals surface area contributed by atoms with E-state index in [2.05, 4.69) is 20.6 Å². The van der Waals surface area contributed by atoms with Crippen LogP contribution in [0.4, 0.5) is 5.69 Å². The van der Waals surface area contributed by atoms with Crippen molar-refractivity contribution in [3.8, 4) is 11.4 Å². The largest absolute Gasteiger partial charge is 0.326 e. The van der Waals surface area contributed by atoms with Crippen LogP contribution >= 0.6 is 0 Å². The second kappa shape index (κ2) is 5.05. The molecule has 3 rings (SSSR count). The highest BCUT2D eigenvalue weighted by Crippen LogP contribution is 2.22. The maximum absolute atomic E-state index is 11.4. The molecule has 0 fully saturated rings. The average molecular weight is 283 g/mol. The number of hydrogen-bond donors (Lipinski definition) is 2. The van der Waals surface area contributed by atoms with E-state index >= 15 is 0 Å². The Morgan fingerprint density at radius 2 is 1.95 bits per heavy atom. The van der Waals surface area contributed by atoms with Crippen molar-refractivity contribution >= 4 is 17.2 Å². The number of anilines is 1. The van der Waals surface area contributed by atoms with Crippen molar-refractivity contribution in [1.82, 2.24) is 19.8 Å². The molecule has 2 aromatic heterocycles. The zero-order valence-corrected chi connectivity index (χ0v) is 12.3. The second-order valence-electron chi connectivity index (χ2n) is 5.02. The summed E-state index contributed by atoms with van der Waals surface area (Å²) >= 11 is 0. The smallest absolute Gasteiger partial charge is 0.224 e. The molecular weight excluding hydrogens is 266 g/mol. The Morgan fingerprint density at radius 1 is 1.24 bits per heavy atom. The van der Waals surface area contributed by atoms with Gasteiger partial charge < -0.3 is 5.32 Å². The molecule has 0 saturated carbocycles. The van der Waals surface area contributed by atoms with Crippen LogP contribution in [0.25, 0.3) is 17.0 Å². The van der Waals surface area contributed by atoms with E-state index in [0.29, 0.717) is 6.42 Å². The maximum Gasteiger partial charge on any atom is 0.224 e. The molecule has 0 aliphatic rings. The van der Waals surface area contributed by atoms with Crippen LogP contribution in [0.2, 0.25) is 0 Å². The number of amides is 1. The fourth-order valence-corrected chi connectivity index (χ4v) is 2.19. The minimum Gasteiger partial charge on any atom is -0.326 e. The van der Waals surface area contributed by atoms with E-state index in [0.717, 1.165) is 34.0 Å². The van der Waals surface area contributed by atoms with Gasteiger partial charge in [-0.05, 0) is 38.1 Å². The van der Waals surface area contributed by atoms with Crippen molar-refractivity contribution in [1.29, 1.82) is 0 Å². The van der Waals surface area contributed by atoms with Crippen molar-refractivity contribution < 1.29 is 4.79 Å². The van der Waals surface area contributed by atoms with Crippen molar-refractivity contribution in [3.63, 3.8) is 0 Å². The molecule has 21 heavy (non-hydrogen) atoms. The summed E-state index contributed by atoms with van der Waals surface area (Å²) < 4.78 is 1.88. The topological polar surface area (TPSA) is 75.1 Å². The SMILES string of the molecule is CCC(=O)Nc1ccc(-c2nnc3c(C)c(C)[nH]n23)cc1. The zero-order chi connectivity index (χ0) is 15.0. The standard InChI is InChI=1S/C15H17N5O/c1-4-13(21)16-12-7-5-11(6-8-12)15-18-17-14-9(2)10(3)19-20(14)15/h5-8,19H,4H2,1-3H3,(H,16,21). The molecule has 2 heterocycles. The molecule has 3 aromatic rings. The fourth-order valence-electron chi connectivity index (χ4n) is 2.19. The predicted molar refractivity (Wildman–Crippen MR) is 81.2 cm³/mol. The molecule has 108 valence electrons. The molecule has 2 N–H and O–H groups in total.